The molecule has 0 bridgehead atoms. The summed E-state index contributed by atoms with van der Waals surface area (Å²) in [7, 11) is 0. The highest BCUT2D eigenvalue weighted by Crippen LogP contribution is 2.07. The molecule has 106 valence electrons. The number of carbonyl (C=O) groups excluding carboxylic acids is 1. The molecule has 2 rings (SSSR count). The first-order valence-electron chi connectivity index (χ1n) is 6.62. The van der Waals surface area contributed by atoms with Crippen molar-refractivity contribution in [1.29, 1.82) is 0 Å². The summed E-state index contributed by atoms with van der Waals surface area (Å²) in [4.78, 5) is 22.1. The van der Waals surface area contributed by atoms with Crippen LogP contribution in [0.15, 0.2) is 35.2 Å². The first-order valence-corrected chi connectivity index (χ1v) is 6.62. The lowest BCUT2D eigenvalue weighted by Crippen LogP contribution is -2.30. The van der Waals surface area contributed by atoms with E-state index in [1.165, 1.54) is 12.4 Å². The monoisotopic (exact) mass is 274 g/mol. The number of hydrogen-bond donors (Lipinski definition) is 1. The number of amides is 1. The van der Waals surface area contributed by atoms with E-state index in [1.807, 2.05) is 26.0 Å². The number of hydrogen-bond acceptors (Lipinski definition) is 5. The quantitative estimate of drug-likeness (QED) is 0.874. The van der Waals surface area contributed by atoms with Crippen LogP contribution in [0.2, 0.25) is 0 Å². The minimum absolute atomic E-state index is 0.0485. The topological polar surface area (TPSA) is 71.3 Å². The van der Waals surface area contributed by atoms with Crippen LogP contribution in [-0.2, 0) is 6.54 Å². The van der Waals surface area contributed by atoms with Crippen molar-refractivity contribution in [2.75, 3.05) is 18.4 Å². The summed E-state index contributed by atoms with van der Waals surface area (Å²) in [6.45, 7) is 5.75. The van der Waals surface area contributed by atoms with Gasteiger partial charge in [0.1, 0.15) is 5.76 Å². The summed E-state index contributed by atoms with van der Waals surface area (Å²) < 4.78 is 5.20. The van der Waals surface area contributed by atoms with E-state index in [-0.39, 0.29) is 5.91 Å². The highest BCUT2D eigenvalue weighted by atomic mass is 16.3. The smallest absolute Gasteiger partial charge is 0.256 e. The molecule has 0 radical (unpaired) electrons. The predicted molar refractivity (Wildman–Crippen MR) is 75.3 cm³/mol. The Labute approximate surface area is 117 Å². The third kappa shape index (κ3) is 3.34. The van der Waals surface area contributed by atoms with Gasteiger partial charge in [-0.05, 0) is 26.0 Å². The van der Waals surface area contributed by atoms with Crippen molar-refractivity contribution in [2.24, 2.45) is 0 Å². The van der Waals surface area contributed by atoms with Gasteiger partial charge in [-0.3, -0.25) is 4.79 Å². The molecule has 0 unspecified atom stereocenters. The Morgan fingerprint density at radius 1 is 1.30 bits per heavy atom. The lowest BCUT2D eigenvalue weighted by Gasteiger charge is -2.18. The van der Waals surface area contributed by atoms with Gasteiger partial charge < -0.3 is 14.6 Å². The van der Waals surface area contributed by atoms with E-state index < -0.39 is 0 Å². The molecule has 0 aliphatic rings. The maximum Gasteiger partial charge on any atom is 0.256 e. The van der Waals surface area contributed by atoms with Gasteiger partial charge in [0.2, 0.25) is 5.95 Å². The van der Waals surface area contributed by atoms with E-state index in [9.17, 15) is 4.79 Å². The van der Waals surface area contributed by atoms with E-state index in [0.717, 1.165) is 5.76 Å². The average Bonchev–Trinajstić information content (AvgIpc) is 3.00. The van der Waals surface area contributed by atoms with Crippen molar-refractivity contribution in [2.45, 2.75) is 20.4 Å². The molecular weight excluding hydrogens is 256 g/mol. The van der Waals surface area contributed by atoms with E-state index in [4.69, 9.17) is 4.42 Å². The molecule has 20 heavy (non-hydrogen) atoms. The second kappa shape index (κ2) is 6.70. The van der Waals surface area contributed by atoms with Crippen LogP contribution in [0.4, 0.5) is 5.95 Å². The number of anilines is 1. The van der Waals surface area contributed by atoms with Crippen LogP contribution in [-0.4, -0.2) is 33.9 Å². The van der Waals surface area contributed by atoms with Crippen molar-refractivity contribution in [3.8, 4) is 0 Å². The van der Waals surface area contributed by atoms with Gasteiger partial charge in [-0.2, -0.15) is 0 Å². The molecule has 0 aliphatic carbocycles. The van der Waals surface area contributed by atoms with Gasteiger partial charge in [0.25, 0.3) is 5.91 Å². The standard InChI is InChI=1S/C14H18N4O2/c1-3-18(4-2)13(19)11-8-15-14(16-9-11)17-10-12-6-5-7-20-12/h5-9H,3-4,10H2,1-2H3,(H,15,16,17). The number of aromatic nitrogens is 2. The molecule has 0 fully saturated rings. The normalized spacial score (nSPS) is 10.3. The minimum Gasteiger partial charge on any atom is -0.467 e. The van der Waals surface area contributed by atoms with Gasteiger partial charge in [-0.25, -0.2) is 9.97 Å². The van der Waals surface area contributed by atoms with Gasteiger partial charge in [0, 0.05) is 25.5 Å². The molecule has 1 amide bonds. The van der Waals surface area contributed by atoms with E-state index >= 15 is 0 Å². The molecule has 1 N–H and O–H groups in total. The van der Waals surface area contributed by atoms with Gasteiger partial charge in [0.15, 0.2) is 0 Å². The number of nitrogens with one attached hydrogen (secondary N) is 1. The second-order valence-electron chi connectivity index (χ2n) is 4.21. The molecular formula is C14H18N4O2. The predicted octanol–water partition coefficient (Wildman–Crippen LogP) is 2.16. The molecule has 2 aromatic heterocycles. The number of nitrogens with zero attached hydrogens (tertiary/aromatic N) is 3. The van der Waals surface area contributed by atoms with Gasteiger partial charge in [-0.15, -0.1) is 0 Å². The van der Waals surface area contributed by atoms with Gasteiger partial charge >= 0.3 is 0 Å². The van der Waals surface area contributed by atoms with E-state index in [2.05, 4.69) is 15.3 Å². The molecule has 2 heterocycles. The van der Waals surface area contributed by atoms with Crippen LogP contribution in [0, 0.1) is 0 Å². The van der Waals surface area contributed by atoms with Crippen molar-refractivity contribution in [3.05, 3.63) is 42.1 Å². The Balaban J connectivity index is 1.97. The molecule has 6 nitrogen and oxygen atoms in total. The third-order valence-electron chi connectivity index (χ3n) is 2.95. The van der Waals surface area contributed by atoms with Crippen LogP contribution in [0.1, 0.15) is 30.0 Å². The first kappa shape index (κ1) is 14.0. The fourth-order valence-electron chi connectivity index (χ4n) is 1.80. The van der Waals surface area contributed by atoms with Crippen LogP contribution < -0.4 is 5.32 Å². The average molecular weight is 274 g/mol. The van der Waals surface area contributed by atoms with Crippen molar-refractivity contribution in [3.63, 3.8) is 0 Å². The van der Waals surface area contributed by atoms with Crippen molar-refractivity contribution < 1.29 is 9.21 Å². The van der Waals surface area contributed by atoms with E-state index in [1.54, 1.807) is 11.2 Å². The van der Waals surface area contributed by atoms with Crippen molar-refractivity contribution >= 4 is 11.9 Å². The highest BCUT2D eigenvalue weighted by molar-refractivity contribution is 5.93. The highest BCUT2D eigenvalue weighted by Gasteiger charge is 2.13. The SMILES string of the molecule is CCN(CC)C(=O)c1cnc(NCc2ccco2)nc1. The minimum atomic E-state index is -0.0485. The van der Waals surface area contributed by atoms with Crippen LogP contribution in [0.3, 0.4) is 0 Å². The van der Waals surface area contributed by atoms with Gasteiger partial charge in [0.05, 0.1) is 18.4 Å². The lowest BCUT2D eigenvalue weighted by atomic mass is 10.3. The Bertz CT molecular complexity index is 533. The molecule has 0 atom stereocenters. The maximum atomic E-state index is 12.1. The van der Waals surface area contributed by atoms with E-state index in [0.29, 0.717) is 31.1 Å². The molecule has 0 saturated carbocycles. The molecule has 6 heteroatoms. The largest absolute Gasteiger partial charge is 0.467 e. The first-order chi connectivity index (χ1) is 9.74. The Hall–Kier alpha value is -2.37. The van der Waals surface area contributed by atoms with Crippen molar-refractivity contribution in [1.82, 2.24) is 14.9 Å². The number of rotatable bonds is 6. The molecule has 0 aliphatic heterocycles. The summed E-state index contributed by atoms with van der Waals surface area (Å²) in [6, 6.07) is 3.69. The van der Waals surface area contributed by atoms with Crippen LogP contribution in [0.5, 0.6) is 0 Å². The zero-order valence-corrected chi connectivity index (χ0v) is 11.7. The fourth-order valence-corrected chi connectivity index (χ4v) is 1.80. The summed E-state index contributed by atoms with van der Waals surface area (Å²) in [5.41, 5.74) is 0.497. The Kier molecular flexibility index (Phi) is 4.70. The van der Waals surface area contributed by atoms with Gasteiger partial charge in [-0.1, -0.05) is 0 Å². The second-order valence-corrected chi connectivity index (χ2v) is 4.21. The number of carbonyl (C=O) groups is 1. The summed E-state index contributed by atoms with van der Waals surface area (Å²) >= 11 is 0. The molecule has 0 spiro atoms. The Morgan fingerprint density at radius 3 is 2.55 bits per heavy atom. The summed E-state index contributed by atoms with van der Waals surface area (Å²) in [5, 5.41) is 3.03. The molecule has 0 saturated heterocycles. The summed E-state index contributed by atoms with van der Waals surface area (Å²) in [5.74, 6) is 1.22. The fraction of sp³-hybridized carbons (Fsp3) is 0.357. The van der Waals surface area contributed by atoms with Crippen LogP contribution >= 0.6 is 0 Å². The maximum absolute atomic E-state index is 12.1. The third-order valence-corrected chi connectivity index (χ3v) is 2.95. The lowest BCUT2D eigenvalue weighted by molar-refractivity contribution is 0.0772. The molecule has 0 aromatic carbocycles. The summed E-state index contributed by atoms with van der Waals surface area (Å²) in [6.07, 6.45) is 4.69. The van der Waals surface area contributed by atoms with Crippen LogP contribution in [0.25, 0.3) is 0 Å². The Morgan fingerprint density at radius 2 is 2.00 bits per heavy atom. The zero-order valence-electron chi connectivity index (χ0n) is 11.7. The number of furan rings is 1. The molecule has 2 aromatic rings. The zero-order chi connectivity index (χ0) is 14.4.